The summed E-state index contributed by atoms with van der Waals surface area (Å²) in [6.45, 7) is 7.76. The van der Waals surface area contributed by atoms with Gasteiger partial charge >= 0.3 is 0 Å². The first-order chi connectivity index (χ1) is 11.2. The normalized spacial score (nSPS) is 33.0. The van der Waals surface area contributed by atoms with Gasteiger partial charge in [-0.2, -0.15) is 0 Å². The number of quaternary nitrogens is 1. The summed E-state index contributed by atoms with van der Waals surface area (Å²) in [4.78, 5) is 0. The fourth-order valence-electron chi connectivity index (χ4n) is 4.98. The summed E-state index contributed by atoms with van der Waals surface area (Å²) in [6.07, 6.45) is 4.59. The summed E-state index contributed by atoms with van der Waals surface area (Å²) in [7, 11) is 0. The minimum atomic E-state index is 0.313. The van der Waals surface area contributed by atoms with E-state index in [4.69, 9.17) is 0 Å². The molecule has 3 heterocycles. The van der Waals surface area contributed by atoms with Gasteiger partial charge in [0, 0.05) is 24.3 Å². The lowest BCUT2D eigenvalue weighted by Gasteiger charge is -2.56. The Morgan fingerprint density at radius 2 is 2.00 bits per heavy atom. The number of fused-ring (bicyclic) bond motifs is 4. The van der Waals surface area contributed by atoms with Crippen molar-refractivity contribution >= 4 is 10.8 Å². The highest BCUT2D eigenvalue weighted by atomic mass is 16.3. The van der Waals surface area contributed by atoms with Gasteiger partial charge in [-0.3, -0.25) is 0 Å². The molecular formula is C21H26NO+. The molecule has 3 aliphatic heterocycles. The van der Waals surface area contributed by atoms with Crippen molar-refractivity contribution in [3.05, 3.63) is 60.7 Å². The Morgan fingerprint density at radius 1 is 1.17 bits per heavy atom. The molecule has 2 aromatic rings. The predicted molar refractivity (Wildman–Crippen MR) is 94.9 cm³/mol. The van der Waals surface area contributed by atoms with Gasteiger partial charge in [-0.05, 0) is 22.8 Å². The van der Waals surface area contributed by atoms with Gasteiger partial charge in [0.1, 0.15) is 12.6 Å². The second-order valence-electron chi connectivity index (χ2n) is 7.48. The minimum Gasteiger partial charge on any atom is -0.390 e. The standard InChI is InChI=1S/C21H26NO/c1-2-17-14-22(10-9-20(17)12-21(22)15-23)13-16-7-8-18-5-3-4-6-19(18)11-16/h2-8,11,17,20-21,23H,1,9-10,12-15H2/q+1/t17-,20?,21-,22?/m0/s1. The van der Waals surface area contributed by atoms with Gasteiger partial charge in [0.25, 0.3) is 0 Å². The van der Waals surface area contributed by atoms with E-state index in [2.05, 4.69) is 55.1 Å². The van der Waals surface area contributed by atoms with Gasteiger partial charge in [-0.15, -0.1) is 6.58 Å². The second kappa shape index (κ2) is 5.77. The van der Waals surface area contributed by atoms with Crippen LogP contribution in [0.1, 0.15) is 18.4 Å². The topological polar surface area (TPSA) is 20.2 Å². The number of hydrogen-bond donors (Lipinski definition) is 1. The van der Waals surface area contributed by atoms with Crippen LogP contribution in [0.15, 0.2) is 55.1 Å². The van der Waals surface area contributed by atoms with Crippen LogP contribution in [0.4, 0.5) is 0 Å². The Labute approximate surface area is 138 Å². The zero-order valence-electron chi connectivity index (χ0n) is 13.7. The van der Waals surface area contributed by atoms with Crippen LogP contribution < -0.4 is 0 Å². The van der Waals surface area contributed by atoms with E-state index < -0.39 is 0 Å². The van der Waals surface area contributed by atoms with Crippen molar-refractivity contribution < 1.29 is 9.59 Å². The molecule has 0 aromatic heterocycles. The maximum absolute atomic E-state index is 9.95. The molecule has 3 aliphatic rings. The minimum absolute atomic E-state index is 0.313. The summed E-state index contributed by atoms with van der Waals surface area (Å²) >= 11 is 0. The number of hydrogen-bond acceptors (Lipinski definition) is 1. The molecule has 2 nitrogen and oxygen atoms in total. The number of nitrogens with zero attached hydrogens (tertiary/aromatic N) is 1. The van der Waals surface area contributed by atoms with E-state index >= 15 is 0 Å². The number of piperidine rings is 3. The van der Waals surface area contributed by atoms with E-state index in [1.165, 1.54) is 29.3 Å². The van der Waals surface area contributed by atoms with Crippen LogP contribution in [-0.4, -0.2) is 35.3 Å². The summed E-state index contributed by atoms with van der Waals surface area (Å²) in [6, 6.07) is 15.8. The summed E-state index contributed by atoms with van der Waals surface area (Å²) in [5.41, 5.74) is 1.39. The average molecular weight is 308 g/mol. The maximum Gasteiger partial charge on any atom is 0.113 e. The first-order valence-corrected chi connectivity index (χ1v) is 8.81. The van der Waals surface area contributed by atoms with Gasteiger partial charge in [-0.25, -0.2) is 0 Å². The van der Waals surface area contributed by atoms with E-state index in [9.17, 15) is 5.11 Å². The Kier molecular flexibility index (Phi) is 3.74. The summed E-state index contributed by atoms with van der Waals surface area (Å²) in [5, 5.41) is 12.6. The fourth-order valence-corrected chi connectivity index (χ4v) is 4.98. The lowest BCUT2D eigenvalue weighted by Crippen LogP contribution is -2.67. The fraction of sp³-hybridized carbons (Fsp3) is 0.429. The third-order valence-corrected chi connectivity index (χ3v) is 6.30. The number of benzene rings is 2. The van der Waals surface area contributed by atoms with Crippen LogP contribution in [0.2, 0.25) is 0 Å². The van der Waals surface area contributed by atoms with Crippen LogP contribution in [0, 0.1) is 11.8 Å². The monoisotopic (exact) mass is 308 g/mol. The Bertz CT molecular complexity index is 725. The van der Waals surface area contributed by atoms with Crippen molar-refractivity contribution in [3.63, 3.8) is 0 Å². The molecule has 0 amide bonds. The highest BCUT2D eigenvalue weighted by Gasteiger charge is 2.50. The highest BCUT2D eigenvalue weighted by Crippen LogP contribution is 2.43. The highest BCUT2D eigenvalue weighted by molar-refractivity contribution is 5.82. The summed E-state index contributed by atoms with van der Waals surface area (Å²) in [5.74, 6) is 1.35. The van der Waals surface area contributed by atoms with Gasteiger partial charge < -0.3 is 9.59 Å². The lowest BCUT2D eigenvalue weighted by molar-refractivity contribution is -0.981. The zero-order chi connectivity index (χ0) is 15.9. The Balaban J connectivity index is 1.67. The van der Waals surface area contributed by atoms with Crippen molar-refractivity contribution in [2.75, 3.05) is 19.7 Å². The van der Waals surface area contributed by atoms with Gasteiger partial charge in [-0.1, -0.05) is 42.5 Å². The molecule has 23 heavy (non-hydrogen) atoms. The molecule has 4 atom stereocenters. The molecule has 2 unspecified atom stereocenters. The van der Waals surface area contributed by atoms with E-state index in [0.717, 1.165) is 29.9 Å². The smallest absolute Gasteiger partial charge is 0.113 e. The average Bonchev–Trinajstić information content (AvgIpc) is 2.61. The van der Waals surface area contributed by atoms with Gasteiger partial charge in [0.2, 0.25) is 0 Å². The van der Waals surface area contributed by atoms with Crippen molar-refractivity contribution in [2.24, 2.45) is 11.8 Å². The molecule has 2 aromatic carbocycles. The molecule has 3 fully saturated rings. The third kappa shape index (κ3) is 2.50. The van der Waals surface area contributed by atoms with Crippen LogP contribution >= 0.6 is 0 Å². The van der Waals surface area contributed by atoms with Gasteiger partial charge in [0.05, 0.1) is 19.7 Å². The second-order valence-corrected chi connectivity index (χ2v) is 7.48. The molecule has 0 aliphatic carbocycles. The quantitative estimate of drug-likeness (QED) is 0.674. The first kappa shape index (κ1) is 14.9. The maximum atomic E-state index is 9.95. The number of aliphatic hydroxyl groups is 1. The van der Waals surface area contributed by atoms with E-state index in [1.54, 1.807) is 0 Å². The SMILES string of the molecule is C=C[C@H]1C[N+]2(Cc3ccc4ccccc4c3)CCC1C[C@H]2CO. The molecule has 1 N–H and O–H groups in total. The zero-order valence-corrected chi connectivity index (χ0v) is 13.7. The molecule has 0 radical (unpaired) electrons. The predicted octanol–water partition coefficient (Wildman–Crippen LogP) is 3.74. The van der Waals surface area contributed by atoms with E-state index in [-0.39, 0.29) is 0 Å². The van der Waals surface area contributed by atoms with Crippen molar-refractivity contribution in [1.29, 1.82) is 0 Å². The summed E-state index contributed by atoms with van der Waals surface area (Å²) < 4.78 is 1.04. The van der Waals surface area contributed by atoms with E-state index in [0.29, 0.717) is 18.6 Å². The van der Waals surface area contributed by atoms with Gasteiger partial charge in [0.15, 0.2) is 0 Å². The van der Waals surface area contributed by atoms with Crippen LogP contribution in [0.25, 0.3) is 10.8 Å². The van der Waals surface area contributed by atoms with Crippen LogP contribution in [0.3, 0.4) is 0 Å². The molecule has 2 heteroatoms. The molecule has 3 saturated heterocycles. The molecular weight excluding hydrogens is 282 g/mol. The molecule has 0 spiro atoms. The molecule has 2 bridgehead atoms. The third-order valence-electron chi connectivity index (χ3n) is 6.30. The lowest BCUT2D eigenvalue weighted by atomic mass is 9.73. The number of aliphatic hydroxyl groups excluding tert-OH is 1. The Hall–Kier alpha value is -1.64. The largest absolute Gasteiger partial charge is 0.390 e. The first-order valence-electron chi connectivity index (χ1n) is 8.81. The number of rotatable bonds is 4. The van der Waals surface area contributed by atoms with Crippen molar-refractivity contribution in [2.45, 2.75) is 25.4 Å². The molecule has 120 valence electrons. The van der Waals surface area contributed by atoms with Crippen molar-refractivity contribution in [1.82, 2.24) is 0 Å². The molecule has 0 saturated carbocycles. The Morgan fingerprint density at radius 3 is 2.78 bits per heavy atom. The van der Waals surface area contributed by atoms with Crippen LogP contribution in [-0.2, 0) is 6.54 Å². The van der Waals surface area contributed by atoms with Crippen molar-refractivity contribution in [3.8, 4) is 0 Å². The van der Waals surface area contributed by atoms with E-state index in [1.807, 2.05) is 0 Å². The van der Waals surface area contributed by atoms with Crippen LogP contribution in [0.5, 0.6) is 0 Å². The molecule has 5 rings (SSSR count).